The lowest BCUT2D eigenvalue weighted by atomic mass is 10.1. The van der Waals surface area contributed by atoms with Crippen molar-refractivity contribution in [2.45, 2.75) is 33.2 Å². The Morgan fingerprint density at radius 2 is 1.85 bits per heavy atom. The highest BCUT2D eigenvalue weighted by Gasteiger charge is 2.26. The van der Waals surface area contributed by atoms with Gasteiger partial charge in [-0.1, -0.05) is 6.92 Å². The van der Waals surface area contributed by atoms with Gasteiger partial charge in [0.2, 0.25) is 0 Å². The van der Waals surface area contributed by atoms with Gasteiger partial charge in [-0.15, -0.1) is 0 Å². The van der Waals surface area contributed by atoms with Crippen LogP contribution >= 0.6 is 0 Å². The van der Waals surface area contributed by atoms with Crippen molar-refractivity contribution in [1.29, 1.82) is 0 Å². The van der Waals surface area contributed by atoms with Crippen LogP contribution in [-0.4, -0.2) is 37.0 Å². The number of ether oxygens (including phenoxy) is 1. The lowest BCUT2D eigenvalue weighted by Gasteiger charge is -2.42. The molecule has 0 radical (unpaired) electrons. The molecule has 0 aliphatic rings. The summed E-state index contributed by atoms with van der Waals surface area (Å²) < 4.78 is 5.43. The van der Waals surface area contributed by atoms with Crippen LogP contribution < -0.4 is 10.1 Å². The maximum Gasteiger partial charge on any atom is 0.281 e. The van der Waals surface area contributed by atoms with Gasteiger partial charge >= 0.3 is 0 Å². The molecule has 0 aromatic heterocycles. The molecule has 1 amide bonds. The van der Waals surface area contributed by atoms with Crippen LogP contribution in [0.3, 0.4) is 0 Å². The van der Waals surface area contributed by atoms with Crippen molar-refractivity contribution in [3.8, 4) is 5.75 Å². The molecule has 0 bridgehead atoms. The predicted molar refractivity (Wildman–Crippen MR) is 84.7 cm³/mol. The number of hydrogen-bond donors (Lipinski definition) is 1. The Bertz CT molecular complexity index is 472. The number of likely N-dealkylation sites (N-methyl/N-ethyl adjacent to an activating group) is 1. The molecule has 1 aromatic carbocycles. The van der Waals surface area contributed by atoms with E-state index in [9.17, 15) is 4.79 Å². The van der Waals surface area contributed by atoms with Gasteiger partial charge in [0.15, 0.2) is 6.04 Å². The molecule has 0 spiro atoms. The quantitative estimate of drug-likeness (QED) is 0.670. The van der Waals surface area contributed by atoms with Crippen LogP contribution in [0.25, 0.3) is 0 Å². The molecule has 0 fully saturated rings. The Hall–Kier alpha value is -1.20. The first-order valence-corrected chi connectivity index (χ1v) is 7.08. The van der Waals surface area contributed by atoms with Crippen LogP contribution in [0, 0.1) is 13.8 Å². The first-order valence-electron chi connectivity index (χ1n) is 6.71. The second-order valence-electron chi connectivity index (χ2n) is 5.48. The maximum atomic E-state index is 12.4. The van der Waals surface area contributed by atoms with E-state index < -0.39 is 0 Å². The molecule has 1 rings (SSSR count). The second-order valence-corrected chi connectivity index (χ2v) is 6.42. The molecule has 112 valence electrons. The highest BCUT2D eigenvalue weighted by Crippen LogP contribution is 2.26. The Labute approximate surface area is 127 Å². The molecule has 20 heavy (non-hydrogen) atoms. The molecule has 0 saturated carbocycles. The Morgan fingerprint density at radius 3 is 2.20 bits per heavy atom. The summed E-state index contributed by atoms with van der Waals surface area (Å²) in [6, 6.07) is 3.58. The molecule has 0 saturated heterocycles. The third-order valence-corrected chi connectivity index (χ3v) is 3.68. The average molecular weight is 296 g/mol. The third kappa shape index (κ3) is 3.90. The van der Waals surface area contributed by atoms with E-state index in [1.54, 1.807) is 7.11 Å². The van der Waals surface area contributed by atoms with Crippen molar-refractivity contribution in [2.24, 2.45) is 0 Å². The maximum absolute atomic E-state index is 12.4. The van der Waals surface area contributed by atoms with Crippen LogP contribution in [0.15, 0.2) is 12.1 Å². The highest BCUT2D eigenvalue weighted by molar-refractivity contribution is 7.52. The number of nitrogens with one attached hydrogen (secondary N) is 1. The summed E-state index contributed by atoms with van der Waals surface area (Å²) in [5.41, 5.74) is 2.82. The summed E-state index contributed by atoms with van der Waals surface area (Å²) in [7, 11) is 5.35. The summed E-state index contributed by atoms with van der Waals surface area (Å²) in [4.78, 5) is 12.4. The summed E-state index contributed by atoms with van der Waals surface area (Å²) >= 11 is 5.36. The smallest absolute Gasteiger partial charge is 0.281 e. The number of nitrogens with zero attached hydrogens (tertiary/aromatic N) is 1. The molecule has 0 heterocycles. The summed E-state index contributed by atoms with van der Waals surface area (Å²) in [6.45, 7) is 5.89. The van der Waals surface area contributed by atoms with Crippen LogP contribution in [0.2, 0.25) is 0 Å². The number of quaternary nitrogens is 1. The van der Waals surface area contributed by atoms with Crippen LogP contribution in [-0.2, 0) is 17.6 Å². The minimum Gasteiger partial charge on any atom is -0.497 e. The van der Waals surface area contributed by atoms with Crippen molar-refractivity contribution in [1.82, 2.24) is 0 Å². The van der Waals surface area contributed by atoms with E-state index in [1.807, 2.05) is 47.0 Å². The zero-order valence-corrected chi connectivity index (χ0v) is 13.9. The lowest BCUT2D eigenvalue weighted by molar-refractivity contribution is -0.768. The van der Waals surface area contributed by atoms with Crippen molar-refractivity contribution >= 4 is 24.4 Å². The standard InChI is InChI=1S/C15H24N2O2S/c1-7-13(17(4,5)20)15(18)16-14-10(2)8-12(19-6)9-11(14)3/h8-9,13H,7H2,1-6H3,(H,16,18). The molecule has 0 aliphatic heterocycles. The number of rotatable bonds is 5. The van der Waals surface area contributed by atoms with E-state index in [2.05, 4.69) is 5.32 Å². The van der Waals surface area contributed by atoms with E-state index in [0.717, 1.165) is 22.6 Å². The Balaban J connectivity index is 3.02. The number of carbonyl (C=O) groups is 1. The molecule has 1 atom stereocenters. The van der Waals surface area contributed by atoms with Gasteiger partial charge in [-0.05, 0) is 37.1 Å². The zero-order valence-electron chi connectivity index (χ0n) is 13.1. The fourth-order valence-corrected chi connectivity index (χ4v) is 2.60. The SMILES string of the molecule is CCC(C(=O)Nc1c(C)cc(OC)cc1C)[N+](C)(C)[S-]. The van der Waals surface area contributed by atoms with Crippen LogP contribution in [0.5, 0.6) is 5.75 Å². The molecule has 0 aliphatic carbocycles. The van der Waals surface area contributed by atoms with Gasteiger partial charge in [0, 0.05) is 12.1 Å². The Morgan fingerprint density at radius 1 is 1.35 bits per heavy atom. The number of methoxy groups -OCH3 is 1. The van der Waals surface area contributed by atoms with E-state index in [4.69, 9.17) is 17.6 Å². The molecule has 1 aromatic rings. The number of anilines is 1. The normalized spacial score (nSPS) is 12.9. The number of amides is 1. The van der Waals surface area contributed by atoms with E-state index >= 15 is 0 Å². The van der Waals surface area contributed by atoms with Crippen LogP contribution in [0.4, 0.5) is 5.69 Å². The third-order valence-electron chi connectivity index (χ3n) is 3.43. The van der Waals surface area contributed by atoms with Crippen LogP contribution in [0.1, 0.15) is 24.5 Å². The van der Waals surface area contributed by atoms with Gasteiger partial charge in [-0.2, -0.15) is 0 Å². The predicted octanol–water partition coefficient (Wildman–Crippen LogP) is 2.57. The fourth-order valence-electron chi connectivity index (χ4n) is 2.35. The molecule has 1 unspecified atom stereocenters. The van der Waals surface area contributed by atoms with Crippen molar-refractivity contribution in [3.63, 3.8) is 0 Å². The number of hydrogen-bond acceptors (Lipinski definition) is 3. The summed E-state index contributed by atoms with van der Waals surface area (Å²) in [6.07, 6.45) is 0.705. The molecule has 5 heteroatoms. The first kappa shape index (κ1) is 16.9. The van der Waals surface area contributed by atoms with Gasteiger partial charge < -0.3 is 26.8 Å². The van der Waals surface area contributed by atoms with Crippen molar-refractivity contribution in [2.75, 3.05) is 26.5 Å². The number of aryl methyl sites for hydroxylation is 2. The van der Waals surface area contributed by atoms with Crippen molar-refractivity contribution < 1.29 is 13.4 Å². The lowest BCUT2D eigenvalue weighted by Crippen LogP contribution is -2.50. The van der Waals surface area contributed by atoms with Gasteiger partial charge in [-0.3, -0.25) is 4.79 Å². The topological polar surface area (TPSA) is 38.3 Å². The zero-order chi connectivity index (χ0) is 15.5. The highest BCUT2D eigenvalue weighted by atomic mass is 32.1. The second kappa shape index (κ2) is 6.50. The molecular weight excluding hydrogens is 272 g/mol. The summed E-state index contributed by atoms with van der Waals surface area (Å²) in [5.74, 6) is 0.758. The fraction of sp³-hybridized carbons (Fsp3) is 0.533. The van der Waals surface area contributed by atoms with Gasteiger partial charge in [0.05, 0.1) is 21.2 Å². The van der Waals surface area contributed by atoms with Crippen molar-refractivity contribution in [3.05, 3.63) is 23.3 Å². The Kier molecular flexibility index (Phi) is 5.48. The van der Waals surface area contributed by atoms with Gasteiger partial charge in [0.1, 0.15) is 5.75 Å². The molecular formula is C15H24N2O2S. The van der Waals surface area contributed by atoms with E-state index in [1.165, 1.54) is 0 Å². The van der Waals surface area contributed by atoms with Gasteiger partial charge in [0.25, 0.3) is 5.91 Å². The summed E-state index contributed by atoms with van der Waals surface area (Å²) in [5, 5.41) is 3.01. The minimum atomic E-state index is -0.245. The minimum absolute atomic E-state index is 0.0381. The first-order chi connectivity index (χ1) is 9.20. The molecule has 1 N–H and O–H groups in total. The monoisotopic (exact) mass is 296 g/mol. The number of carbonyl (C=O) groups excluding carboxylic acids is 1. The largest absolute Gasteiger partial charge is 0.497 e. The van der Waals surface area contributed by atoms with E-state index in [0.29, 0.717) is 6.42 Å². The van der Waals surface area contributed by atoms with Gasteiger partial charge in [-0.25, -0.2) is 0 Å². The van der Waals surface area contributed by atoms with E-state index in [-0.39, 0.29) is 15.8 Å². The number of benzene rings is 1. The molecule has 4 nitrogen and oxygen atoms in total. The average Bonchev–Trinajstić information content (AvgIpc) is 2.32.